The van der Waals surface area contributed by atoms with E-state index in [2.05, 4.69) is 49.5 Å². The number of carbonyl (C=O) groups excluding carboxylic acids is 1. The van der Waals surface area contributed by atoms with Gasteiger partial charge in [-0.2, -0.15) is 0 Å². The molecule has 1 amide bonds. The van der Waals surface area contributed by atoms with Gasteiger partial charge in [-0.3, -0.25) is 4.79 Å². The average Bonchev–Trinajstić information content (AvgIpc) is 3.11. The Kier molecular flexibility index (Phi) is 6.16. The normalized spacial score (nSPS) is 14.6. The van der Waals surface area contributed by atoms with Gasteiger partial charge in [0.05, 0.1) is 18.8 Å². The monoisotopic (exact) mass is 355 g/mol. The number of hydrogen-bond acceptors (Lipinski definition) is 2. The summed E-state index contributed by atoms with van der Waals surface area (Å²) in [5.74, 6) is 0.475. The lowest BCUT2D eigenvalue weighted by atomic mass is 10.1. The first-order valence-electron chi connectivity index (χ1n) is 9.02. The van der Waals surface area contributed by atoms with Gasteiger partial charge in [0.1, 0.15) is 6.54 Å². The number of thioether (sulfide) groups is 1. The van der Waals surface area contributed by atoms with Crippen molar-refractivity contribution in [3.05, 3.63) is 59.2 Å². The van der Waals surface area contributed by atoms with Crippen LogP contribution in [-0.4, -0.2) is 24.7 Å². The van der Waals surface area contributed by atoms with Gasteiger partial charge in [-0.1, -0.05) is 18.2 Å². The second-order valence-corrected chi connectivity index (χ2v) is 7.96. The molecular weight excluding hydrogens is 328 g/mol. The van der Waals surface area contributed by atoms with Crippen LogP contribution in [0, 0.1) is 13.8 Å². The Labute approximate surface area is 154 Å². The smallest absolute Gasteiger partial charge is 0.234 e. The Hall–Kier alpha value is -1.78. The molecule has 0 aromatic heterocycles. The Bertz CT molecular complexity index is 721. The molecule has 0 aliphatic carbocycles. The highest BCUT2D eigenvalue weighted by atomic mass is 32.2. The number of amides is 1. The lowest BCUT2D eigenvalue weighted by Crippen LogP contribution is -3.08. The van der Waals surface area contributed by atoms with E-state index >= 15 is 0 Å². The van der Waals surface area contributed by atoms with Crippen molar-refractivity contribution in [3.8, 4) is 0 Å². The molecule has 1 fully saturated rings. The van der Waals surface area contributed by atoms with Crippen LogP contribution in [0.5, 0.6) is 0 Å². The van der Waals surface area contributed by atoms with Gasteiger partial charge in [-0.15, -0.1) is 11.8 Å². The summed E-state index contributed by atoms with van der Waals surface area (Å²) in [5, 5.41) is 2.99. The number of quaternary nitrogens is 1. The molecule has 0 unspecified atom stereocenters. The van der Waals surface area contributed by atoms with E-state index in [4.69, 9.17) is 0 Å². The minimum absolute atomic E-state index is 0.0427. The van der Waals surface area contributed by atoms with Gasteiger partial charge in [0, 0.05) is 29.0 Å². The number of nitrogens with one attached hydrogen (secondary N) is 2. The van der Waals surface area contributed by atoms with Crippen LogP contribution in [0.25, 0.3) is 0 Å². The van der Waals surface area contributed by atoms with Crippen LogP contribution >= 0.6 is 11.8 Å². The van der Waals surface area contributed by atoms with Crippen LogP contribution in [0.4, 0.5) is 5.69 Å². The van der Waals surface area contributed by atoms with Gasteiger partial charge in [0.2, 0.25) is 5.91 Å². The summed E-state index contributed by atoms with van der Waals surface area (Å²) in [7, 11) is 0. The van der Waals surface area contributed by atoms with Crippen LogP contribution in [0.1, 0.15) is 29.5 Å². The molecular formula is C21H27N2OS+. The van der Waals surface area contributed by atoms with Gasteiger partial charge in [0.25, 0.3) is 0 Å². The first kappa shape index (κ1) is 18.0. The zero-order valence-electron chi connectivity index (χ0n) is 15.1. The Balaban J connectivity index is 1.47. The van der Waals surface area contributed by atoms with Crippen molar-refractivity contribution >= 4 is 23.4 Å². The SMILES string of the molecule is Cc1ccc(SCC(=O)Nc2ccc(C[NH+]3CCCC3)cc2)cc1C. The summed E-state index contributed by atoms with van der Waals surface area (Å²) in [6, 6.07) is 14.6. The van der Waals surface area contributed by atoms with Crippen molar-refractivity contribution in [1.82, 2.24) is 0 Å². The zero-order chi connectivity index (χ0) is 17.6. The second-order valence-electron chi connectivity index (χ2n) is 6.91. The fourth-order valence-electron chi connectivity index (χ4n) is 3.20. The molecule has 2 N–H and O–H groups in total. The predicted molar refractivity (Wildman–Crippen MR) is 105 cm³/mol. The quantitative estimate of drug-likeness (QED) is 0.780. The lowest BCUT2D eigenvalue weighted by Gasteiger charge is -2.12. The Morgan fingerprint density at radius 3 is 2.44 bits per heavy atom. The number of rotatable bonds is 6. The molecule has 25 heavy (non-hydrogen) atoms. The first-order chi connectivity index (χ1) is 12.1. The maximum atomic E-state index is 12.2. The molecule has 0 radical (unpaired) electrons. The number of carbonyl (C=O) groups is 1. The standard InChI is InChI=1S/C21H26N2OS/c1-16-5-10-20(13-17(16)2)25-15-21(24)22-19-8-6-18(7-9-19)14-23-11-3-4-12-23/h5-10,13H,3-4,11-12,14-15H2,1-2H3,(H,22,24)/p+1. The Morgan fingerprint density at radius 1 is 1.04 bits per heavy atom. The molecule has 1 aliphatic heterocycles. The van der Waals surface area contributed by atoms with E-state index < -0.39 is 0 Å². The fraction of sp³-hybridized carbons (Fsp3) is 0.381. The van der Waals surface area contributed by atoms with Gasteiger partial charge < -0.3 is 10.2 Å². The highest BCUT2D eigenvalue weighted by molar-refractivity contribution is 8.00. The molecule has 0 atom stereocenters. The summed E-state index contributed by atoms with van der Waals surface area (Å²) in [4.78, 5) is 15.0. The van der Waals surface area contributed by atoms with E-state index in [1.165, 1.54) is 42.6 Å². The summed E-state index contributed by atoms with van der Waals surface area (Å²) >= 11 is 1.58. The molecule has 1 heterocycles. The molecule has 0 bridgehead atoms. The van der Waals surface area contributed by atoms with Crippen molar-refractivity contribution < 1.29 is 9.69 Å². The van der Waals surface area contributed by atoms with Gasteiger partial charge in [0.15, 0.2) is 0 Å². The Morgan fingerprint density at radius 2 is 1.76 bits per heavy atom. The third kappa shape index (κ3) is 5.35. The first-order valence-corrected chi connectivity index (χ1v) is 10.0. The number of benzene rings is 2. The lowest BCUT2D eigenvalue weighted by molar-refractivity contribution is -0.901. The van der Waals surface area contributed by atoms with E-state index in [0.29, 0.717) is 5.75 Å². The molecule has 0 spiro atoms. The van der Waals surface area contributed by atoms with Crippen LogP contribution in [0.15, 0.2) is 47.4 Å². The van der Waals surface area contributed by atoms with Crippen LogP contribution in [0.3, 0.4) is 0 Å². The summed E-state index contributed by atoms with van der Waals surface area (Å²) in [6.07, 6.45) is 2.70. The largest absolute Gasteiger partial charge is 0.331 e. The molecule has 4 heteroatoms. The molecule has 3 nitrogen and oxygen atoms in total. The summed E-state index contributed by atoms with van der Waals surface area (Å²) in [6.45, 7) is 7.87. The van der Waals surface area contributed by atoms with E-state index in [1.807, 2.05) is 12.1 Å². The van der Waals surface area contributed by atoms with E-state index in [-0.39, 0.29) is 5.91 Å². The summed E-state index contributed by atoms with van der Waals surface area (Å²) in [5.41, 5.74) is 4.77. The van der Waals surface area contributed by atoms with Crippen LogP contribution in [0.2, 0.25) is 0 Å². The van der Waals surface area contributed by atoms with Crippen molar-refractivity contribution in [1.29, 1.82) is 0 Å². The maximum absolute atomic E-state index is 12.2. The molecule has 2 aromatic rings. The summed E-state index contributed by atoms with van der Waals surface area (Å²) < 4.78 is 0. The predicted octanol–water partition coefficient (Wildman–Crippen LogP) is 3.21. The number of hydrogen-bond donors (Lipinski definition) is 2. The molecule has 1 aliphatic rings. The third-order valence-electron chi connectivity index (χ3n) is 4.85. The van der Waals surface area contributed by atoms with Crippen molar-refractivity contribution in [2.75, 3.05) is 24.2 Å². The minimum atomic E-state index is 0.0427. The molecule has 3 rings (SSSR count). The topological polar surface area (TPSA) is 33.5 Å². The van der Waals surface area contributed by atoms with Crippen molar-refractivity contribution in [2.24, 2.45) is 0 Å². The molecule has 0 saturated carbocycles. The van der Waals surface area contributed by atoms with Gasteiger partial charge in [-0.25, -0.2) is 0 Å². The highest BCUT2D eigenvalue weighted by Gasteiger charge is 2.15. The molecule has 2 aromatic carbocycles. The van der Waals surface area contributed by atoms with Gasteiger partial charge >= 0.3 is 0 Å². The number of aryl methyl sites for hydroxylation is 2. The second kappa shape index (κ2) is 8.54. The highest BCUT2D eigenvalue weighted by Crippen LogP contribution is 2.21. The van der Waals surface area contributed by atoms with Crippen LogP contribution in [-0.2, 0) is 11.3 Å². The average molecular weight is 356 g/mol. The number of anilines is 1. The molecule has 1 saturated heterocycles. The zero-order valence-corrected chi connectivity index (χ0v) is 15.9. The number of likely N-dealkylation sites (tertiary alicyclic amines) is 1. The van der Waals surface area contributed by atoms with Crippen molar-refractivity contribution in [3.63, 3.8) is 0 Å². The maximum Gasteiger partial charge on any atom is 0.234 e. The fourth-order valence-corrected chi connectivity index (χ4v) is 3.99. The van der Waals surface area contributed by atoms with Crippen molar-refractivity contribution in [2.45, 2.75) is 38.1 Å². The minimum Gasteiger partial charge on any atom is -0.331 e. The van der Waals surface area contributed by atoms with E-state index in [1.54, 1.807) is 16.7 Å². The van der Waals surface area contributed by atoms with E-state index in [9.17, 15) is 4.79 Å². The molecule has 132 valence electrons. The van der Waals surface area contributed by atoms with E-state index in [0.717, 1.165) is 17.1 Å². The third-order valence-corrected chi connectivity index (χ3v) is 5.84. The van der Waals surface area contributed by atoms with Crippen LogP contribution < -0.4 is 10.2 Å². The van der Waals surface area contributed by atoms with Gasteiger partial charge in [-0.05, 0) is 49.2 Å².